The molecule has 0 saturated heterocycles. The standard InChI is InChI=1S/C10H12FN3O3/c1-6(12-2)10(15)13-8-5-7(11)3-4-9(8)14(16)17/h3-6,12H,1-2H3,(H,13,15). The molecule has 6 nitrogen and oxygen atoms in total. The highest BCUT2D eigenvalue weighted by Crippen LogP contribution is 2.24. The maximum absolute atomic E-state index is 13.0. The first kappa shape index (κ1) is 13.0. The van der Waals surface area contributed by atoms with Gasteiger partial charge in [-0.05, 0) is 20.0 Å². The van der Waals surface area contributed by atoms with Crippen LogP contribution in [0.5, 0.6) is 0 Å². The number of benzene rings is 1. The highest BCUT2D eigenvalue weighted by molar-refractivity contribution is 5.96. The average Bonchev–Trinajstić information content (AvgIpc) is 2.27. The second-order valence-electron chi connectivity index (χ2n) is 3.42. The third kappa shape index (κ3) is 3.22. The lowest BCUT2D eigenvalue weighted by Crippen LogP contribution is -2.35. The molecule has 7 heteroatoms. The van der Waals surface area contributed by atoms with Gasteiger partial charge in [0.1, 0.15) is 11.5 Å². The van der Waals surface area contributed by atoms with Crippen LogP contribution in [0, 0.1) is 15.9 Å². The van der Waals surface area contributed by atoms with Crippen molar-refractivity contribution in [2.24, 2.45) is 0 Å². The number of nitrogens with one attached hydrogen (secondary N) is 2. The molecule has 0 radical (unpaired) electrons. The monoisotopic (exact) mass is 241 g/mol. The smallest absolute Gasteiger partial charge is 0.292 e. The number of hydrogen-bond acceptors (Lipinski definition) is 4. The molecule has 0 aliphatic heterocycles. The molecule has 2 N–H and O–H groups in total. The van der Waals surface area contributed by atoms with Crippen LogP contribution in [0.3, 0.4) is 0 Å². The van der Waals surface area contributed by atoms with Crippen LogP contribution in [0.15, 0.2) is 18.2 Å². The Morgan fingerprint density at radius 3 is 2.71 bits per heavy atom. The summed E-state index contributed by atoms with van der Waals surface area (Å²) in [6, 6.07) is 2.36. The molecule has 1 amide bonds. The molecular weight excluding hydrogens is 229 g/mol. The van der Waals surface area contributed by atoms with E-state index in [9.17, 15) is 19.3 Å². The Morgan fingerprint density at radius 1 is 1.53 bits per heavy atom. The summed E-state index contributed by atoms with van der Waals surface area (Å²) in [5, 5.41) is 15.6. The molecule has 0 heterocycles. The number of halogens is 1. The maximum Gasteiger partial charge on any atom is 0.292 e. The van der Waals surface area contributed by atoms with Gasteiger partial charge in [0.05, 0.1) is 11.0 Å². The summed E-state index contributed by atoms with van der Waals surface area (Å²) >= 11 is 0. The van der Waals surface area contributed by atoms with Gasteiger partial charge in [-0.3, -0.25) is 14.9 Å². The van der Waals surface area contributed by atoms with E-state index in [1.807, 2.05) is 0 Å². The number of amides is 1. The number of anilines is 1. The molecular formula is C10H12FN3O3. The fourth-order valence-electron chi connectivity index (χ4n) is 1.14. The summed E-state index contributed by atoms with van der Waals surface area (Å²) in [6.07, 6.45) is 0. The van der Waals surface area contributed by atoms with Crippen molar-refractivity contribution in [3.8, 4) is 0 Å². The first-order chi connectivity index (χ1) is 7.95. The van der Waals surface area contributed by atoms with E-state index in [2.05, 4.69) is 10.6 Å². The third-order valence-corrected chi connectivity index (χ3v) is 2.24. The Hall–Kier alpha value is -2.02. The summed E-state index contributed by atoms with van der Waals surface area (Å²) in [5.41, 5.74) is -0.495. The fraction of sp³-hybridized carbons (Fsp3) is 0.300. The van der Waals surface area contributed by atoms with Crippen molar-refractivity contribution < 1.29 is 14.1 Å². The van der Waals surface area contributed by atoms with E-state index in [4.69, 9.17) is 0 Å². The molecule has 1 unspecified atom stereocenters. The summed E-state index contributed by atoms with van der Waals surface area (Å²) < 4.78 is 13.0. The van der Waals surface area contributed by atoms with Gasteiger partial charge in [-0.15, -0.1) is 0 Å². The van der Waals surface area contributed by atoms with Crippen LogP contribution < -0.4 is 10.6 Å². The van der Waals surface area contributed by atoms with Crippen LogP contribution in [0.4, 0.5) is 15.8 Å². The lowest BCUT2D eigenvalue weighted by molar-refractivity contribution is -0.384. The third-order valence-electron chi connectivity index (χ3n) is 2.24. The van der Waals surface area contributed by atoms with Crippen molar-refractivity contribution in [3.63, 3.8) is 0 Å². The number of carbonyl (C=O) groups excluding carboxylic acids is 1. The second kappa shape index (κ2) is 5.35. The largest absolute Gasteiger partial charge is 0.319 e. The minimum atomic E-state index is -0.681. The van der Waals surface area contributed by atoms with Crippen molar-refractivity contribution in [2.75, 3.05) is 12.4 Å². The van der Waals surface area contributed by atoms with Gasteiger partial charge >= 0.3 is 0 Å². The number of carbonyl (C=O) groups is 1. The van der Waals surface area contributed by atoms with Gasteiger partial charge in [0.15, 0.2) is 0 Å². The number of hydrogen-bond donors (Lipinski definition) is 2. The van der Waals surface area contributed by atoms with E-state index >= 15 is 0 Å². The van der Waals surface area contributed by atoms with Crippen LogP contribution >= 0.6 is 0 Å². The highest BCUT2D eigenvalue weighted by Gasteiger charge is 2.18. The lowest BCUT2D eigenvalue weighted by Gasteiger charge is -2.11. The van der Waals surface area contributed by atoms with Gasteiger partial charge < -0.3 is 10.6 Å². The predicted octanol–water partition coefficient (Wildman–Crippen LogP) is 1.28. The normalized spacial score (nSPS) is 11.9. The molecule has 1 atom stereocenters. The fourth-order valence-corrected chi connectivity index (χ4v) is 1.14. The Balaban J connectivity index is 3.00. The van der Waals surface area contributed by atoms with Gasteiger partial charge in [-0.25, -0.2) is 4.39 Å². The van der Waals surface area contributed by atoms with Crippen LogP contribution in [0.25, 0.3) is 0 Å². The molecule has 0 saturated carbocycles. The molecule has 0 fully saturated rings. The zero-order chi connectivity index (χ0) is 13.0. The van der Waals surface area contributed by atoms with Gasteiger partial charge in [-0.1, -0.05) is 0 Å². The van der Waals surface area contributed by atoms with E-state index in [1.54, 1.807) is 14.0 Å². The van der Waals surface area contributed by atoms with Crippen LogP contribution in [-0.4, -0.2) is 23.9 Å². The van der Waals surface area contributed by atoms with E-state index < -0.39 is 22.7 Å². The second-order valence-corrected chi connectivity index (χ2v) is 3.42. The quantitative estimate of drug-likeness (QED) is 0.614. The van der Waals surface area contributed by atoms with Crippen molar-refractivity contribution in [1.29, 1.82) is 0 Å². The summed E-state index contributed by atoms with van der Waals surface area (Å²) in [4.78, 5) is 21.5. The minimum absolute atomic E-state index is 0.151. The van der Waals surface area contributed by atoms with Crippen molar-refractivity contribution in [1.82, 2.24) is 5.32 Å². The van der Waals surface area contributed by atoms with Crippen molar-refractivity contribution in [2.45, 2.75) is 13.0 Å². The Bertz CT molecular complexity index is 450. The molecule has 0 aliphatic rings. The van der Waals surface area contributed by atoms with Gasteiger partial charge in [0, 0.05) is 12.1 Å². The van der Waals surface area contributed by atoms with E-state index in [-0.39, 0.29) is 11.4 Å². The number of likely N-dealkylation sites (N-methyl/N-ethyl adjacent to an activating group) is 1. The summed E-state index contributed by atoms with van der Waals surface area (Å²) in [6.45, 7) is 1.58. The number of nitrogens with zero attached hydrogens (tertiary/aromatic N) is 1. The molecule has 1 aromatic rings. The number of rotatable bonds is 4. The summed E-state index contributed by atoms with van der Waals surface area (Å²) in [5.74, 6) is -1.12. The molecule has 0 spiro atoms. The molecule has 0 aliphatic carbocycles. The van der Waals surface area contributed by atoms with Crippen LogP contribution in [0.2, 0.25) is 0 Å². The number of nitro benzene ring substituents is 1. The zero-order valence-electron chi connectivity index (χ0n) is 9.36. The maximum atomic E-state index is 13.0. The highest BCUT2D eigenvalue weighted by atomic mass is 19.1. The molecule has 1 rings (SSSR count). The van der Waals surface area contributed by atoms with E-state index in [1.165, 1.54) is 0 Å². The van der Waals surface area contributed by atoms with Crippen LogP contribution in [-0.2, 0) is 4.79 Å². The van der Waals surface area contributed by atoms with Crippen molar-refractivity contribution in [3.05, 3.63) is 34.1 Å². The van der Waals surface area contributed by atoms with Crippen LogP contribution in [0.1, 0.15) is 6.92 Å². The zero-order valence-corrected chi connectivity index (χ0v) is 9.36. The van der Waals surface area contributed by atoms with E-state index in [0.717, 1.165) is 18.2 Å². The Kier molecular flexibility index (Phi) is 4.11. The first-order valence-electron chi connectivity index (χ1n) is 4.87. The molecule has 17 heavy (non-hydrogen) atoms. The first-order valence-corrected chi connectivity index (χ1v) is 4.87. The van der Waals surface area contributed by atoms with Gasteiger partial charge in [0.25, 0.3) is 5.69 Å². The predicted molar refractivity (Wildman–Crippen MR) is 60.2 cm³/mol. The van der Waals surface area contributed by atoms with Gasteiger partial charge in [0.2, 0.25) is 5.91 Å². The topological polar surface area (TPSA) is 84.3 Å². The SMILES string of the molecule is CNC(C)C(=O)Nc1cc(F)ccc1[N+](=O)[O-]. The van der Waals surface area contributed by atoms with E-state index in [0.29, 0.717) is 0 Å². The molecule has 0 aromatic heterocycles. The Morgan fingerprint density at radius 2 is 2.18 bits per heavy atom. The average molecular weight is 241 g/mol. The Labute approximate surface area is 97.0 Å². The summed E-state index contributed by atoms with van der Waals surface area (Å²) in [7, 11) is 1.57. The van der Waals surface area contributed by atoms with Gasteiger partial charge in [-0.2, -0.15) is 0 Å². The minimum Gasteiger partial charge on any atom is -0.319 e. The molecule has 1 aromatic carbocycles. The lowest BCUT2D eigenvalue weighted by atomic mass is 10.2. The van der Waals surface area contributed by atoms with Crippen molar-refractivity contribution >= 4 is 17.3 Å². The molecule has 0 bridgehead atoms. The molecule has 92 valence electrons. The number of nitro groups is 1.